The van der Waals surface area contributed by atoms with Gasteiger partial charge in [-0.1, -0.05) is 42.0 Å². The minimum Gasteiger partial charge on any atom is -0.355 e. The third-order valence-electron chi connectivity index (χ3n) is 4.05. The molecule has 0 spiro atoms. The summed E-state index contributed by atoms with van der Waals surface area (Å²) in [6.45, 7) is 0.699. The smallest absolute Gasteiger partial charge is 0.227 e. The molecule has 0 saturated heterocycles. The molecule has 120 valence electrons. The molecule has 0 aliphatic heterocycles. The van der Waals surface area contributed by atoms with Crippen LogP contribution in [-0.2, 0) is 11.2 Å². The lowest BCUT2D eigenvalue weighted by Gasteiger charge is -2.12. The summed E-state index contributed by atoms with van der Waals surface area (Å²) >= 11 is 0. The Morgan fingerprint density at radius 1 is 1.22 bits per heavy atom. The van der Waals surface area contributed by atoms with Gasteiger partial charge in [0.2, 0.25) is 5.91 Å². The van der Waals surface area contributed by atoms with Gasteiger partial charge in [0.05, 0.1) is 6.42 Å². The van der Waals surface area contributed by atoms with E-state index in [2.05, 4.69) is 26.6 Å². The molecule has 0 saturated carbocycles. The average Bonchev–Trinajstić information content (AvgIpc) is 3.05. The fourth-order valence-electron chi connectivity index (χ4n) is 2.80. The maximum Gasteiger partial charge on any atom is 0.227 e. The predicted molar refractivity (Wildman–Crippen MR) is 89.7 cm³/mol. The van der Waals surface area contributed by atoms with Gasteiger partial charge in [0, 0.05) is 12.1 Å². The van der Waals surface area contributed by atoms with E-state index >= 15 is 0 Å². The summed E-state index contributed by atoms with van der Waals surface area (Å²) in [6.07, 6.45) is 8.45. The molecule has 1 aliphatic rings. The molecule has 0 radical (unpaired) electrons. The van der Waals surface area contributed by atoms with Crippen LogP contribution in [0.1, 0.15) is 37.9 Å². The summed E-state index contributed by atoms with van der Waals surface area (Å²) < 4.78 is 0. The number of aromatic nitrogens is 3. The summed E-state index contributed by atoms with van der Waals surface area (Å²) in [5, 5.41) is 9.97. The standard InChI is InChI=1S/C18H22N4O/c23-17(19-12-11-14-7-3-1-4-8-14)13-16-20-18(22-21-16)15-9-5-2-6-10-15/h2,5-7,9-10H,1,3-4,8,11-13H2,(H,19,23)(H,20,21,22). The van der Waals surface area contributed by atoms with Gasteiger partial charge in [-0.3, -0.25) is 9.89 Å². The normalized spacial score (nSPS) is 14.3. The number of carbonyl (C=O) groups is 1. The lowest BCUT2D eigenvalue weighted by Crippen LogP contribution is -2.26. The van der Waals surface area contributed by atoms with Gasteiger partial charge in [-0.2, -0.15) is 5.10 Å². The lowest BCUT2D eigenvalue weighted by molar-refractivity contribution is -0.120. The first kappa shape index (κ1) is 15.5. The predicted octanol–water partition coefficient (Wildman–Crippen LogP) is 3.02. The van der Waals surface area contributed by atoms with Gasteiger partial charge < -0.3 is 5.32 Å². The van der Waals surface area contributed by atoms with Crippen LogP contribution < -0.4 is 5.32 Å². The number of rotatable bonds is 6. The zero-order valence-corrected chi connectivity index (χ0v) is 13.2. The number of nitrogens with zero attached hydrogens (tertiary/aromatic N) is 2. The number of H-pyrrole nitrogens is 1. The van der Waals surface area contributed by atoms with E-state index in [-0.39, 0.29) is 12.3 Å². The van der Waals surface area contributed by atoms with Crippen molar-refractivity contribution in [2.24, 2.45) is 0 Å². The highest BCUT2D eigenvalue weighted by Crippen LogP contribution is 2.19. The van der Waals surface area contributed by atoms with Crippen molar-refractivity contribution in [1.29, 1.82) is 0 Å². The number of allylic oxidation sites excluding steroid dienone is 1. The van der Waals surface area contributed by atoms with Crippen molar-refractivity contribution in [3.05, 3.63) is 47.8 Å². The quantitative estimate of drug-likeness (QED) is 0.806. The molecule has 1 aliphatic carbocycles. The zero-order chi connectivity index (χ0) is 15.9. The maximum atomic E-state index is 12.0. The van der Waals surface area contributed by atoms with E-state index in [1.807, 2.05) is 30.3 Å². The third kappa shape index (κ3) is 4.52. The molecule has 0 unspecified atom stereocenters. The zero-order valence-electron chi connectivity index (χ0n) is 13.2. The van der Waals surface area contributed by atoms with Gasteiger partial charge >= 0.3 is 0 Å². The Morgan fingerprint density at radius 2 is 2.09 bits per heavy atom. The van der Waals surface area contributed by atoms with Crippen LogP contribution in [0.25, 0.3) is 11.4 Å². The number of carbonyl (C=O) groups excluding carboxylic acids is 1. The summed E-state index contributed by atoms with van der Waals surface area (Å²) in [6, 6.07) is 9.73. The first-order chi connectivity index (χ1) is 11.3. The fourth-order valence-corrected chi connectivity index (χ4v) is 2.80. The number of benzene rings is 1. The minimum absolute atomic E-state index is 0.0165. The number of hydrogen-bond acceptors (Lipinski definition) is 3. The minimum atomic E-state index is -0.0165. The summed E-state index contributed by atoms with van der Waals surface area (Å²) in [5.74, 6) is 1.20. The monoisotopic (exact) mass is 310 g/mol. The Hall–Kier alpha value is -2.43. The molecule has 2 N–H and O–H groups in total. The van der Waals surface area contributed by atoms with Crippen LogP contribution >= 0.6 is 0 Å². The molecule has 1 heterocycles. The van der Waals surface area contributed by atoms with Gasteiger partial charge in [0.15, 0.2) is 5.82 Å². The van der Waals surface area contributed by atoms with Crippen LogP contribution in [0, 0.1) is 0 Å². The second kappa shape index (κ2) is 7.72. The van der Waals surface area contributed by atoms with Crippen LogP contribution in [0.3, 0.4) is 0 Å². The van der Waals surface area contributed by atoms with E-state index in [1.54, 1.807) is 0 Å². The Balaban J connectivity index is 1.46. The van der Waals surface area contributed by atoms with Crippen molar-refractivity contribution in [2.75, 3.05) is 6.54 Å². The Morgan fingerprint density at radius 3 is 2.87 bits per heavy atom. The molecule has 23 heavy (non-hydrogen) atoms. The van der Waals surface area contributed by atoms with Gasteiger partial charge in [0.25, 0.3) is 0 Å². The van der Waals surface area contributed by atoms with E-state index in [0.29, 0.717) is 18.2 Å². The van der Waals surface area contributed by atoms with Crippen molar-refractivity contribution >= 4 is 5.91 Å². The Bertz CT molecular complexity index is 675. The van der Waals surface area contributed by atoms with Crippen molar-refractivity contribution in [2.45, 2.75) is 38.5 Å². The molecule has 0 fully saturated rings. The SMILES string of the molecule is O=C(Cc1nc(-c2ccccc2)n[nH]1)NCCC1=CCCCC1. The van der Waals surface area contributed by atoms with Crippen molar-refractivity contribution < 1.29 is 4.79 Å². The molecule has 2 aromatic rings. The molecule has 0 atom stereocenters. The maximum absolute atomic E-state index is 12.0. The topological polar surface area (TPSA) is 70.7 Å². The van der Waals surface area contributed by atoms with Crippen LogP contribution in [-0.4, -0.2) is 27.6 Å². The summed E-state index contributed by atoms with van der Waals surface area (Å²) in [5.41, 5.74) is 2.42. The fraction of sp³-hybridized carbons (Fsp3) is 0.389. The van der Waals surface area contributed by atoms with Crippen LogP contribution in [0.5, 0.6) is 0 Å². The van der Waals surface area contributed by atoms with Crippen LogP contribution in [0.15, 0.2) is 42.0 Å². The third-order valence-corrected chi connectivity index (χ3v) is 4.05. The average molecular weight is 310 g/mol. The highest BCUT2D eigenvalue weighted by atomic mass is 16.1. The van der Waals surface area contributed by atoms with Crippen molar-refractivity contribution in [3.63, 3.8) is 0 Å². The number of hydrogen-bond donors (Lipinski definition) is 2. The van der Waals surface area contributed by atoms with Gasteiger partial charge in [-0.15, -0.1) is 0 Å². The molecule has 0 bridgehead atoms. The van der Waals surface area contributed by atoms with E-state index < -0.39 is 0 Å². The summed E-state index contributed by atoms with van der Waals surface area (Å²) in [4.78, 5) is 16.4. The molecule has 5 heteroatoms. The molecule has 1 aromatic carbocycles. The summed E-state index contributed by atoms with van der Waals surface area (Å²) in [7, 11) is 0. The van der Waals surface area contributed by atoms with E-state index in [9.17, 15) is 4.79 Å². The van der Waals surface area contributed by atoms with E-state index in [0.717, 1.165) is 12.0 Å². The molecule has 1 amide bonds. The van der Waals surface area contributed by atoms with Crippen molar-refractivity contribution in [1.82, 2.24) is 20.5 Å². The molecular weight excluding hydrogens is 288 g/mol. The second-order valence-electron chi connectivity index (χ2n) is 5.86. The first-order valence-corrected chi connectivity index (χ1v) is 8.22. The number of amides is 1. The first-order valence-electron chi connectivity index (χ1n) is 8.22. The highest BCUT2D eigenvalue weighted by Gasteiger charge is 2.10. The molecule has 3 rings (SSSR count). The highest BCUT2D eigenvalue weighted by molar-refractivity contribution is 5.77. The number of aromatic amines is 1. The molecule has 1 aromatic heterocycles. The van der Waals surface area contributed by atoms with Gasteiger partial charge in [-0.25, -0.2) is 4.98 Å². The Kier molecular flexibility index (Phi) is 5.19. The molecule has 5 nitrogen and oxygen atoms in total. The van der Waals surface area contributed by atoms with Crippen LogP contribution in [0.2, 0.25) is 0 Å². The van der Waals surface area contributed by atoms with Crippen LogP contribution in [0.4, 0.5) is 0 Å². The Labute approximate surface area is 136 Å². The van der Waals surface area contributed by atoms with Gasteiger partial charge in [-0.05, 0) is 32.1 Å². The van der Waals surface area contributed by atoms with Crippen molar-refractivity contribution in [3.8, 4) is 11.4 Å². The van der Waals surface area contributed by atoms with E-state index in [4.69, 9.17) is 0 Å². The van der Waals surface area contributed by atoms with Gasteiger partial charge in [0.1, 0.15) is 5.82 Å². The largest absolute Gasteiger partial charge is 0.355 e. The number of nitrogens with one attached hydrogen (secondary N) is 2. The van der Waals surface area contributed by atoms with E-state index in [1.165, 1.54) is 31.3 Å². The lowest BCUT2D eigenvalue weighted by atomic mass is 9.97. The molecular formula is C18H22N4O. The second-order valence-corrected chi connectivity index (χ2v) is 5.86.